The van der Waals surface area contributed by atoms with Gasteiger partial charge in [0.05, 0.1) is 5.56 Å². The van der Waals surface area contributed by atoms with Crippen molar-refractivity contribution >= 4 is 5.97 Å². The van der Waals surface area contributed by atoms with Gasteiger partial charge in [0.15, 0.2) is 0 Å². The monoisotopic (exact) mass is 286 g/mol. The molecule has 1 aromatic carbocycles. The van der Waals surface area contributed by atoms with E-state index in [2.05, 4.69) is 13.5 Å². The van der Waals surface area contributed by atoms with Crippen molar-refractivity contribution < 1.29 is 9.90 Å². The molecule has 1 N–H and O–H groups in total. The van der Waals surface area contributed by atoms with Crippen LogP contribution in [0.15, 0.2) is 36.4 Å². The largest absolute Gasteiger partial charge is 0.478 e. The van der Waals surface area contributed by atoms with Gasteiger partial charge in [0.2, 0.25) is 0 Å². The molecular weight excluding hydrogens is 260 g/mol. The third-order valence-electron chi connectivity index (χ3n) is 4.88. The molecule has 0 spiro atoms. The maximum atomic E-state index is 11.3. The first-order valence-corrected chi connectivity index (χ1v) is 8.10. The van der Waals surface area contributed by atoms with Crippen LogP contribution in [0.5, 0.6) is 0 Å². The fourth-order valence-electron chi connectivity index (χ4n) is 3.39. The van der Waals surface area contributed by atoms with Gasteiger partial charge in [-0.2, -0.15) is 0 Å². The molecule has 114 valence electrons. The van der Waals surface area contributed by atoms with Crippen LogP contribution in [0, 0.1) is 5.92 Å². The highest BCUT2D eigenvalue weighted by molar-refractivity contribution is 5.89. The summed E-state index contributed by atoms with van der Waals surface area (Å²) < 4.78 is 0. The van der Waals surface area contributed by atoms with E-state index >= 15 is 0 Å². The van der Waals surface area contributed by atoms with Gasteiger partial charge in [-0.15, -0.1) is 0 Å². The van der Waals surface area contributed by atoms with Crippen LogP contribution < -0.4 is 0 Å². The summed E-state index contributed by atoms with van der Waals surface area (Å²) in [5.41, 5.74) is 2.87. The minimum atomic E-state index is -0.799. The predicted molar refractivity (Wildman–Crippen MR) is 86.8 cm³/mol. The van der Waals surface area contributed by atoms with E-state index < -0.39 is 5.97 Å². The maximum absolute atomic E-state index is 11.3. The third kappa shape index (κ3) is 4.20. The molecule has 1 aromatic rings. The van der Waals surface area contributed by atoms with Gasteiger partial charge in [0.25, 0.3) is 0 Å². The second-order valence-corrected chi connectivity index (χ2v) is 6.25. The summed E-state index contributed by atoms with van der Waals surface area (Å²) in [5, 5.41) is 9.31. The van der Waals surface area contributed by atoms with E-state index in [4.69, 9.17) is 0 Å². The van der Waals surface area contributed by atoms with Crippen LogP contribution in [-0.4, -0.2) is 11.1 Å². The fourth-order valence-corrected chi connectivity index (χ4v) is 3.39. The molecule has 1 fully saturated rings. The van der Waals surface area contributed by atoms with Crippen molar-refractivity contribution in [3.05, 3.63) is 47.5 Å². The Morgan fingerprint density at radius 2 is 1.90 bits per heavy atom. The zero-order chi connectivity index (χ0) is 15.2. The number of rotatable bonds is 6. The summed E-state index contributed by atoms with van der Waals surface area (Å²) in [7, 11) is 0. The van der Waals surface area contributed by atoms with Gasteiger partial charge in [-0.05, 0) is 68.4 Å². The minimum absolute atomic E-state index is 0.419. The number of benzene rings is 1. The Labute approximate surface area is 127 Å². The summed E-state index contributed by atoms with van der Waals surface area (Å²) in [5.74, 6) is 0.413. The van der Waals surface area contributed by atoms with Gasteiger partial charge >= 0.3 is 5.97 Å². The molecular formula is C19H26O2. The number of allylic oxidation sites excluding steroid dienone is 1. The summed E-state index contributed by atoms with van der Waals surface area (Å²) in [6.45, 7) is 6.25. The number of carboxylic acid groups (broad SMARTS) is 1. The van der Waals surface area contributed by atoms with E-state index in [1.165, 1.54) is 24.8 Å². The molecule has 1 aliphatic rings. The zero-order valence-corrected chi connectivity index (χ0v) is 13.0. The van der Waals surface area contributed by atoms with E-state index in [-0.39, 0.29) is 0 Å². The van der Waals surface area contributed by atoms with Crippen LogP contribution in [0.25, 0.3) is 0 Å². The van der Waals surface area contributed by atoms with E-state index in [1.807, 2.05) is 18.2 Å². The number of carboxylic acids is 1. The Morgan fingerprint density at radius 3 is 2.52 bits per heavy atom. The molecule has 0 radical (unpaired) electrons. The topological polar surface area (TPSA) is 37.3 Å². The Bertz CT molecular complexity index is 496. The van der Waals surface area contributed by atoms with E-state index in [9.17, 15) is 9.90 Å². The van der Waals surface area contributed by atoms with Gasteiger partial charge < -0.3 is 5.11 Å². The molecule has 0 aliphatic heterocycles. The number of hydrogen-bond donors (Lipinski definition) is 1. The van der Waals surface area contributed by atoms with Crippen molar-refractivity contribution in [3.8, 4) is 0 Å². The lowest BCUT2D eigenvalue weighted by Crippen LogP contribution is -2.16. The molecule has 0 aromatic heterocycles. The van der Waals surface area contributed by atoms with Gasteiger partial charge in [0.1, 0.15) is 0 Å². The smallest absolute Gasteiger partial charge is 0.335 e. The SMILES string of the molecule is C=C(CC)CCC1CCC(c2ccccc2C(=O)O)CC1. The molecule has 0 saturated heterocycles. The maximum Gasteiger partial charge on any atom is 0.335 e. The number of carbonyl (C=O) groups is 1. The van der Waals surface area contributed by atoms with E-state index in [0.717, 1.165) is 37.2 Å². The summed E-state index contributed by atoms with van der Waals surface area (Å²) in [4.78, 5) is 11.3. The lowest BCUT2D eigenvalue weighted by atomic mass is 9.76. The van der Waals surface area contributed by atoms with Crippen molar-refractivity contribution in [1.82, 2.24) is 0 Å². The van der Waals surface area contributed by atoms with Gasteiger partial charge in [-0.1, -0.05) is 37.3 Å². The van der Waals surface area contributed by atoms with Crippen molar-refractivity contribution in [2.24, 2.45) is 5.92 Å². The van der Waals surface area contributed by atoms with Crippen LogP contribution in [0.1, 0.15) is 73.7 Å². The van der Waals surface area contributed by atoms with Crippen LogP contribution in [0.3, 0.4) is 0 Å². The number of aromatic carboxylic acids is 1. The second-order valence-electron chi connectivity index (χ2n) is 6.25. The van der Waals surface area contributed by atoms with Crippen LogP contribution in [0.4, 0.5) is 0 Å². The molecule has 0 heterocycles. The Hall–Kier alpha value is -1.57. The first kappa shape index (κ1) is 15.8. The molecule has 2 rings (SSSR count). The molecule has 0 amide bonds. The zero-order valence-electron chi connectivity index (χ0n) is 13.0. The van der Waals surface area contributed by atoms with Crippen molar-refractivity contribution in [3.63, 3.8) is 0 Å². The van der Waals surface area contributed by atoms with Crippen molar-refractivity contribution in [2.75, 3.05) is 0 Å². The first-order valence-electron chi connectivity index (χ1n) is 8.10. The Kier molecular flexibility index (Phi) is 5.60. The summed E-state index contributed by atoms with van der Waals surface area (Å²) in [6.07, 6.45) is 8.16. The predicted octanol–water partition coefficient (Wildman–Crippen LogP) is 5.41. The first-order chi connectivity index (χ1) is 10.1. The highest BCUT2D eigenvalue weighted by atomic mass is 16.4. The lowest BCUT2D eigenvalue weighted by molar-refractivity contribution is 0.0694. The molecule has 0 bridgehead atoms. The van der Waals surface area contributed by atoms with Crippen LogP contribution in [0.2, 0.25) is 0 Å². The average molecular weight is 286 g/mol. The van der Waals surface area contributed by atoms with Crippen LogP contribution >= 0.6 is 0 Å². The minimum Gasteiger partial charge on any atom is -0.478 e. The van der Waals surface area contributed by atoms with Crippen molar-refractivity contribution in [1.29, 1.82) is 0 Å². The highest BCUT2D eigenvalue weighted by Crippen LogP contribution is 2.39. The molecule has 1 aliphatic carbocycles. The molecule has 0 atom stereocenters. The van der Waals surface area contributed by atoms with E-state index in [0.29, 0.717) is 11.5 Å². The molecule has 2 heteroatoms. The molecule has 1 saturated carbocycles. The standard InChI is InChI=1S/C19H26O2/c1-3-14(2)8-9-15-10-12-16(13-11-15)17-6-4-5-7-18(17)19(20)21/h4-7,15-16H,2-3,8-13H2,1H3,(H,20,21). The van der Waals surface area contributed by atoms with Crippen molar-refractivity contribution in [2.45, 2.75) is 57.8 Å². The summed E-state index contributed by atoms with van der Waals surface area (Å²) in [6, 6.07) is 7.50. The Balaban J connectivity index is 1.92. The molecule has 21 heavy (non-hydrogen) atoms. The van der Waals surface area contributed by atoms with Gasteiger partial charge in [-0.25, -0.2) is 4.79 Å². The molecule has 0 unspecified atom stereocenters. The third-order valence-corrected chi connectivity index (χ3v) is 4.88. The average Bonchev–Trinajstić information content (AvgIpc) is 2.53. The number of hydrogen-bond acceptors (Lipinski definition) is 1. The van der Waals surface area contributed by atoms with Gasteiger partial charge in [-0.3, -0.25) is 0 Å². The lowest BCUT2D eigenvalue weighted by Gasteiger charge is -2.29. The normalized spacial score (nSPS) is 22.0. The van der Waals surface area contributed by atoms with Gasteiger partial charge in [0, 0.05) is 0 Å². The summed E-state index contributed by atoms with van der Waals surface area (Å²) >= 11 is 0. The second kappa shape index (κ2) is 7.44. The quantitative estimate of drug-likeness (QED) is 0.710. The Morgan fingerprint density at radius 1 is 1.24 bits per heavy atom. The van der Waals surface area contributed by atoms with E-state index in [1.54, 1.807) is 6.07 Å². The van der Waals surface area contributed by atoms with Crippen LogP contribution in [-0.2, 0) is 0 Å². The molecule has 2 nitrogen and oxygen atoms in total. The highest BCUT2D eigenvalue weighted by Gasteiger charge is 2.25. The fraction of sp³-hybridized carbons (Fsp3) is 0.526.